The second-order valence-corrected chi connectivity index (χ2v) is 18.4. The molecular formula is C49H73N17O9. The molecule has 0 aliphatic carbocycles. The van der Waals surface area contributed by atoms with Crippen molar-refractivity contribution in [2.75, 3.05) is 26.2 Å². The maximum Gasteiger partial charge on any atom is 0.243 e. The summed E-state index contributed by atoms with van der Waals surface area (Å²) in [5.74, 6) is -7.62. The molecule has 1 aromatic heterocycles. The normalized spacial score (nSPS) is 21.1. The van der Waals surface area contributed by atoms with Gasteiger partial charge in [-0.3, -0.25) is 54.0 Å². The maximum atomic E-state index is 14.6. The molecule has 2 aromatic carbocycles. The fraction of sp³-hybridized carbons (Fsp3) is 0.490. The molecular weight excluding hydrogens is 971 g/mol. The molecule has 0 bridgehead atoms. The highest BCUT2D eigenvalue weighted by molar-refractivity contribution is 5.98. The van der Waals surface area contributed by atoms with Crippen molar-refractivity contribution >= 4 is 76.0 Å². The summed E-state index contributed by atoms with van der Waals surface area (Å²) in [7, 11) is 0. The average molecular weight is 1040 g/mol. The van der Waals surface area contributed by atoms with Gasteiger partial charge in [-0.2, -0.15) is 0 Å². The summed E-state index contributed by atoms with van der Waals surface area (Å²) in [4.78, 5) is 127. The van der Waals surface area contributed by atoms with Gasteiger partial charge in [0.05, 0.1) is 0 Å². The number of nitrogens with one attached hydrogen (secondary N) is 13. The van der Waals surface area contributed by atoms with Gasteiger partial charge >= 0.3 is 0 Å². The molecule has 408 valence electrons. The van der Waals surface area contributed by atoms with Crippen LogP contribution in [0.4, 0.5) is 0 Å². The highest BCUT2D eigenvalue weighted by Crippen LogP contribution is 2.20. The van der Waals surface area contributed by atoms with E-state index < -0.39 is 95.5 Å². The zero-order valence-corrected chi connectivity index (χ0v) is 42.3. The van der Waals surface area contributed by atoms with Crippen molar-refractivity contribution in [1.82, 2.24) is 58.2 Å². The SMILES string of the molecule is CC(=O)N[C@@H](CCCNC(=N)N)C(=O)N[C@H]1CCC(=O)NCCC[C@@H](C(N)=O)NC(=O)[C@H](Cc2c[nH]c3ccccc23)NC(=O)[C@H](CCCNC(=N)N)NC(=O)[C@@H](Cc2cccc(C)c2)NC(=O)[C@H](CCN)NC1=O. The molecule has 1 aliphatic heterocycles. The molecule has 21 N–H and O–H groups in total. The minimum absolute atomic E-state index is 0.0154. The maximum absolute atomic E-state index is 14.6. The molecule has 0 saturated carbocycles. The lowest BCUT2D eigenvalue weighted by Crippen LogP contribution is -2.60. The number of benzene rings is 2. The van der Waals surface area contributed by atoms with Crippen LogP contribution >= 0.6 is 0 Å². The third-order valence-corrected chi connectivity index (χ3v) is 12.2. The Hall–Kier alpha value is -8.29. The first-order valence-corrected chi connectivity index (χ1v) is 24.9. The van der Waals surface area contributed by atoms with Crippen molar-refractivity contribution in [3.63, 3.8) is 0 Å². The van der Waals surface area contributed by atoms with E-state index in [1.165, 1.54) is 6.92 Å². The molecule has 1 fully saturated rings. The van der Waals surface area contributed by atoms with E-state index in [2.05, 4.69) is 58.2 Å². The molecule has 7 atom stereocenters. The molecule has 0 unspecified atom stereocenters. The zero-order valence-electron chi connectivity index (χ0n) is 42.3. The Labute approximate surface area is 434 Å². The molecule has 26 heteroatoms. The number of hydrogen-bond acceptors (Lipinski definition) is 12. The molecule has 9 amide bonds. The number of guanidine groups is 2. The van der Waals surface area contributed by atoms with Crippen molar-refractivity contribution < 1.29 is 43.2 Å². The zero-order chi connectivity index (χ0) is 55.0. The smallest absolute Gasteiger partial charge is 0.243 e. The summed E-state index contributed by atoms with van der Waals surface area (Å²) in [6, 6.07) is 4.99. The first-order chi connectivity index (χ1) is 35.7. The predicted octanol–water partition coefficient (Wildman–Crippen LogP) is -3.27. The van der Waals surface area contributed by atoms with Gasteiger partial charge < -0.3 is 81.1 Å². The number of fused-ring (bicyclic) bond motifs is 1. The van der Waals surface area contributed by atoms with Gasteiger partial charge in [0, 0.05) is 62.9 Å². The summed E-state index contributed by atoms with van der Waals surface area (Å²) >= 11 is 0. The summed E-state index contributed by atoms with van der Waals surface area (Å²) in [5, 5.41) is 42.4. The largest absolute Gasteiger partial charge is 0.370 e. The molecule has 0 spiro atoms. The highest BCUT2D eigenvalue weighted by Gasteiger charge is 2.35. The predicted molar refractivity (Wildman–Crippen MR) is 279 cm³/mol. The average Bonchev–Trinajstić information content (AvgIpc) is 3.76. The van der Waals surface area contributed by atoms with Crippen molar-refractivity contribution in [2.45, 2.75) is 127 Å². The van der Waals surface area contributed by atoms with E-state index in [-0.39, 0.29) is 109 Å². The monoisotopic (exact) mass is 1040 g/mol. The number of aromatic nitrogens is 1. The van der Waals surface area contributed by atoms with Gasteiger partial charge in [0.25, 0.3) is 0 Å². The molecule has 1 aliphatic rings. The van der Waals surface area contributed by atoms with Crippen LogP contribution in [0.15, 0.2) is 54.7 Å². The van der Waals surface area contributed by atoms with Gasteiger partial charge in [0.15, 0.2) is 11.9 Å². The fourth-order valence-corrected chi connectivity index (χ4v) is 8.38. The number of primary amides is 1. The molecule has 4 rings (SSSR count). The lowest BCUT2D eigenvalue weighted by atomic mass is 10.0. The van der Waals surface area contributed by atoms with Crippen molar-refractivity contribution in [3.05, 3.63) is 71.4 Å². The fourth-order valence-electron chi connectivity index (χ4n) is 8.38. The van der Waals surface area contributed by atoms with E-state index in [0.29, 0.717) is 11.1 Å². The number of rotatable bonds is 18. The van der Waals surface area contributed by atoms with Crippen LogP contribution in [-0.4, -0.2) is 139 Å². The number of H-pyrrole nitrogens is 1. The Bertz CT molecular complexity index is 2520. The lowest BCUT2D eigenvalue weighted by Gasteiger charge is -2.28. The van der Waals surface area contributed by atoms with E-state index in [9.17, 15) is 43.2 Å². The minimum Gasteiger partial charge on any atom is -0.370 e. The highest BCUT2D eigenvalue weighted by atomic mass is 16.2. The van der Waals surface area contributed by atoms with E-state index in [1.807, 2.05) is 31.2 Å². The minimum atomic E-state index is -1.47. The molecule has 26 nitrogen and oxygen atoms in total. The van der Waals surface area contributed by atoms with Crippen LogP contribution in [0, 0.1) is 17.7 Å². The van der Waals surface area contributed by atoms with Crippen molar-refractivity contribution in [1.29, 1.82) is 10.8 Å². The van der Waals surface area contributed by atoms with Gasteiger partial charge in [-0.1, -0.05) is 48.0 Å². The quantitative estimate of drug-likeness (QED) is 0.0338. The Morgan fingerprint density at radius 1 is 0.733 bits per heavy atom. The van der Waals surface area contributed by atoms with Crippen LogP contribution < -0.4 is 76.1 Å². The number of aromatic amines is 1. The molecule has 0 radical (unpaired) electrons. The van der Waals surface area contributed by atoms with Gasteiger partial charge in [-0.05, 0) is 82.0 Å². The second kappa shape index (κ2) is 30.0. The van der Waals surface area contributed by atoms with Crippen LogP contribution in [0.25, 0.3) is 10.9 Å². The number of aryl methyl sites for hydroxylation is 1. The van der Waals surface area contributed by atoms with E-state index >= 15 is 0 Å². The Morgan fingerprint density at radius 3 is 2.00 bits per heavy atom. The third-order valence-electron chi connectivity index (χ3n) is 12.2. The van der Waals surface area contributed by atoms with Crippen LogP contribution in [0.3, 0.4) is 0 Å². The Kier molecular flexibility index (Phi) is 23.7. The lowest BCUT2D eigenvalue weighted by molar-refractivity contribution is -0.136. The van der Waals surface area contributed by atoms with Crippen LogP contribution in [0.5, 0.6) is 0 Å². The van der Waals surface area contributed by atoms with Crippen molar-refractivity contribution in [3.8, 4) is 0 Å². The first-order valence-electron chi connectivity index (χ1n) is 24.9. The van der Waals surface area contributed by atoms with Crippen LogP contribution in [0.2, 0.25) is 0 Å². The number of carbonyl (C=O) groups excluding carboxylic acids is 9. The van der Waals surface area contributed by atoms with E-state index in [0.717, 1.165) is 16.5 Å². The molecule has 1 saturated heterocycles. The van der Waals surface area contributed by atoms with Crippen LogP contribution in [0.1, 0.15) is 81.4 Å². The summed E-state index contributed by atoms with van der Waals surface area (Å²) in [6.07, 6.45) is 1.21. The Balaban J connectivity index is 1.76. The van der Waals surface area contributed by atoms with E-state index in [4.69, 9.17) is 33.8 Å². The standard InChI is InChI=1S/C49H73N17O9/c1-27-9-5-10-29(23-27)24-38-46(74)62-35(15-8-22-58-49(54)55)43(71)66-39(25-30-26-59-32-12-4-3-11-31(30)32)47(75)61-33(41(51)69)13-6-20-56-40(68)17-16-36(44(72)64-37(18-19-50)45(73)65-38)63-42(70)34(60-28(2)67)14-7-21-57-48(52)53/h3-5,9-12,23,26,33-39,59H,6-8,13-22,24-25,50H2,1-2H3,(H2,51,69)(H,56,68)(H,60,67)(H,61,75)(H,62,74)(H,63,70)(H,64,72)(H,65,73)(H,66,71)(H4,52,53,57)(H4,54,55,58)/t33-,34-,35-,36-,37-,38+,39-/m0/s1. The number of hydrogen-bond donors (Lipinski definition) is 17. The second-order valence-electron chi connectivity index (χ2n) is 18.4. The molecule has 3 aromatic rings. The van der Waals surface area contributed by atoms with E-state index in [1.54, 1.807) is 30.5 Å². The molecule has 75 heavy (non-hydrogen) atoms. The van der Waals surface area contributed by atoms with Gasteiger partial charge in [-0.25, -0.2) is 0 Å². The molecule has 2 heterocycles. The number of para-hydroxylation sites is 1. The topological polar surface area (TPSA) is 441 Å². The van der Waals surface area contributed by atoms with Gasteiger partial charge in [-0.15, -0.1) is 0 Å². The number of amides is 9. The van der Waals surface area contributed by atoms with Crippen LogP contribution in [-0.2, 0) is 56.0 Å². The third kappa shape index (κ3) is 20.3. The van der Waals surface area contributed by atoms with Gasteiger partial charge in [0.2, 0.25) is 53.2 Å². The summed E-state index contributed by atoms with van der Waals surface area (Å²) < 4.78 is 0. The summed E-state index contributed by atoms with van der Waals surface area (Å²) in [6.45, 7) is 3.19. The first kappa shape index (κ1) is 59.3. The van der Waals surface area contributed by atoms with Crippen molar-refractivity contribution in [2.24, 2.45) is 22.9 Å². The number of carbonyl (C=O) groups is 9. The number of nitrogens with two attached hydrogens (primary N) is 4. The summed E-state index contributed by atoms with van der Waals surface area (Å²) in [5.41, 5.74) is 25.5. The van der Waals surface area contributed by atoms with Gasteiger partial charge in [0.1, 0.15) is 42.3 Å². The Morgan fingerprint density at radius 2 is 1.35 bits per heavy atom.